The lowest BCUT2D eigenvalue weighted by Gasteiger charge is -2.14. The Hall–Kier alpha value is -2.08. The Bertz CT molecular complexity index is 472. The van der Waals surface area contributed by atoms with Gasteiger partial charge >= 0.3 is 5.97 Å². The van der Waals surface area contributed by atoms with E-state index in [9.17, 15) is 14.7 Å². The van der Waals surface area contributed by atoms with Crippen LogP contribution in [0, 0.1) is 6.92 Å². The Kier molecular flexibility index (Phi) is 5.32. The smallest absolute Gasteiger partial charge is 0.306 e. The lowest BCUT2D eigenvalue weighted by Crippen LogP contribution is -2.34. The zero-order chi connectivity index (χ0) is 14.4. The number of hydrogen-bond acceptors (Lipinski definition) is 4. The first kappa shape index (κ1) is 15.0. The molecule has 1 atom stereocenters. The fourth-order valence-corrected chi connectivity index (χ4v) is 1.57. The summed E-state index contributed by atoms with van der Waals surface area (Å²) in [5, 5.41) is 20.8. The number of ether oxygens (including phenoxy) is 1. The molecule has 0 aromatic heterocycles. The number of phenols is 1. The van der Waals surface area contributed by atoms with Gasteiger partial charge in [0.1, 0.15) is 5.75 Å². The third-order valence-electron chi connectivity index (χ3n) is 2.62. The minimum atomic E-state index is -1.00. The van der Waals surface area contributed by atoms with Crippen molar-refractivity contribution >= 4 is 11.9 Å². The van der Waals surface area contributed by atoms with Gasteiger partial charge in [-0.2, -0.15) is 0 Å². The Labute approximate surface area is 111 Å². The second-order valence-electron chi connectivity index (χ2n) is 4.19. The van der Waals surface area contributed by atoms with Gasteiger partial charge in [-0.3, -0.25) is 9.59 Å². The molecule has 0 spiro atoms. The largest absolute Gasteiger partial charge is 0.507 e. The number of carbonyl (C=O) groups is 2. The van der Waals surface area contributed by atoms with Crippen molar-refractivity contribution in [1.29, 1.82) is 0 Å². The first-order valence-corrected chi connectivity index (χ1v) is 5.76. The molecule has 0 heterocycles. The maximum Gasteiger partial charge on any atom is 0.306 e. The fourth-order valence-electron chi connectivity index (χ4n) is 1.57. The Balaban J connectivity index is 2.64. The molecule has 1 aromatic rings. The summed E-state index contributed by atoms with van der Waals surface area (Å²) in [6.45, 7) is 1.87. The molecule has 0 saturated heterocycles. The van der Waals surface area contributed by atoms with E-state index in [-0.39, 0.29) is 24.3 Å². The van der Waals surface area contributed by atoms with Crippen LogP contribution in [0.1, 0.15) is 22.3 Å². The number of amides is 1. The molecule has 0 fully saturated rings. The van der Waals surface area contributed by atoms with Crippen LogP contribution in [0.5, 0.6) is 5.75 Å². The highest BCUT2D eigenvalue weighted by Crippen LogP contribution is 2.17. The maximum absolute atomic E-state index is 11.8. The quantitative estimate of drug-likeness (QED) is 0.712. The van der Waals surface area contributed by atoms with Crippen molar-refractivity contribution in [3.8, 4) is 5.75 Å². The molecule has 3 N–H and O–H groups in total. The fraction of sp³-hybridized carbons (Fsp3) is 0.385. The van der Waals surface area contributed by atoms with E-state index in [4.69, 9.17) is 9.84 Å². The van der Waals surface area contributed by atoms with E-state index in [1.807, 2.05) is 0 Å². The minimum absolute atomic E-state index is 0.0645. The molecule has 0 radical (unpaired) electrons. The molecule has 1 aromatic carbocycles. The monoisotopic (exact) mass is 267 g/mol. The highest BCUT2D eigenvalue weighted by molar-refractivity contribution is 5.97. The zero-order valence-electron chi connectivity index (χ0n) is 10.8. The van der Waals surface area contributed by atoms with Crippen molar-refractivity contribution in [1.82, 2.24) is 5.32 Å². The van der Waals surface area contributed by atoms with E-state index >= 15 is 0 Å². The molecule has 6 heteroatoms. The van der Waals surface area contributed by atoms with Crippen molar-refractivity contribution in [2.24, 2.45) is 0 Å². The molecule has 19 heavy (non-hydrogen) atoms. The van der Waals surface area contributed by atoms with Crippen LogP contribution in [-0.2, 0) is 9.53 Å². The normalized spacial score (nSPS) is 11.9. The molecular formula is C13H17NO5. The van der Waals surface area contributed by atoms with Gasteiger partial charge in [0.25, 0.3) is 5.91 Å². The number of rotatable bonds is 6. The second kappa shape index (κ2) is 6.75. The van der Waals surface area contributed by atoms with Crippen LogP contribution < -0.4 is 5.32 Å². The Morgan fingerprint density at radius 1 is 1.42 bits per heavy atom. The number of benzene rings is 1. The summed E-state index contributed by atoms with van der Waals surface area (Å²) in [4.78, 5) is 22.4. The number of hydrogen-bond donors (Lipinski definition) is 3. The van der Waals surface area contributed by atoms with Crippen molar-refractivity contribution in [2.45, 2.75) is 19.4 Å². The molecule has 1 amide bonds. The Morgan fingerprint density at radius 2 is 2.11 bits per heavy atom. The van der Waals surface area contributed by atoms with Gasteiger partial charge in [0.15, 0.2) is 0 Å². The van der Waals surface area contributed by atoms with Gasteiger partial charge < -0.3 is 20.3 Å². The molecule has 6 nitrogen and oxygen atoms in total. The van der Waals surface area contributed by atoms with Crippen molar-refractivity contribution in [3.05, 3.63) is 29.3 Å². The van der Waals surface area contributed by atoms with Crippen LogP contribution in [0.15, 0.2) is 18.2 Å². The molecule has 0 aliphatic rings. The lowest BCUT2D eigenvalue weighted by molar-refractivity contribution is -0.139. The predicted molar refractivity (Wildman–Crippen MR) is 68.2 cm³/mol. The Morgan fingerprint density at radius 3 is 2.68 bits per heavy atom. The predicted octanol–water partition coefficient (Wildman–Crippen LogP) is 0.920. The summed E-state index contributed by atoms with van der Waals surface area (Å²) in [6, 6.07) is 4.69. The number of aromatic hydroxyl groups is 1. The summed E-state index contributed by atoms with van der Waals surface area (Å²) in [7, 11) is 1.38. The van der Waals surface area contributed by atoms with Crippen molar-refractivity contribution in [3.63, 3.8) is 0 Å². The molecular weight excluding hydrogens is 250 g/mol. The molecule has 1 rings (SSSR count). The van der Waals surface area contributed by atoms with Gasteiger partial charge in [-0.25, -0.2) is 0 Å². The highest BCUT2D eigenvalue weighted by atomic mass is 16.5. The number of carbonyl (C=O) groups excluding carboxylic acids is 1. The zero-order valence-corrected chi connectivity index (χ0v) is 10.8. The number of carboxylic acids is 1. The summed E-state index contributed by atoms with van der Waals surface area (Å²) < 4.78 is 4.94. The molecule has 0 aliphatic carbocycles. The molecule has 0 aliphatic heterocycles. The number of aliphatic carboxylic acids is 1. The average Bonchev–Trinajstić information content (AvgIpc) is 2.36. The molecule has 104 valence electrons. The van der Waals surface area contributed by atoms with Crippen LogP contribution in [0.2, 0.25) is 0 Å². The first-order chi connectivity index (χ1) is 8.93. The topological polar surface area (TPSA) is 95.9 Å². The summed E-state index contributed by atoms with van der Waals surface area (Å²) in [6.07, 6.45) is -0.801. The number of phenolic OH excluding ortho intramolecular Hbond substituents is 1. The molecule has 1 unspecified atom stereocenters. The van der Waals surface area contributed by atoms with Gasteiger partial charge in [-0.15, -0.1) is 0 Å². The van der Waals surface area contributed by atoms with E-state index in [2.05, 4.69) is 5.32 Å². The third-order valence-corrected chi connectivity index (χ3v) is 2.62. The summed E-state index contributed by atoms with van der Waals surface area (Å²) in [5.41, 5.74) is 1.00. The number of methoxy groups -OCH3 is 1. The van der Waals surface area contributed by atoms with E-state index in [1.165, 1.54) is 13.2 Å². The third kappa shape index (κ3) is 4.59. The van der Waals surface area contributed by atoms with Crippen LogP contribution >= 0.6 is 0 Å². The second-order valence-corrected chi connectivity index (χ2v) is 4.19. The van der Waals surface area contributed by atoms with Crippen molar-refractivity contribution in [2.75, 3.05) is 13.7 Å². The van der Waals surface area contributed by atoms with Crippen LogP contribution in [0.4, 0.5) is 0 Å². The number of aryl methyl sites for hydroxylation is 1. The highest BCUT2D eigenvalue weighted by Gasteiger charge is 2.16. The van der Waals surface area contributed by atoms with Crippen molar-refractivity contribution < 1.29 is 24.5 Å². The molecule has 0 saturated carbocycles. The van der Waals surface area contributed by atoms with Crippen LogP contribution in [0.25, 0.3) is 0 Å². The standard InChI is InChI=1S/C13H17NO5/c1-8-3-4-11(15)10(5-8)13(18)14-7-9(19-2)6-12(16)17/h3-5,9,15H,6-7H2,1-2H3,(H,14,18)(H,16,17). The van der Waals surface area contributed by atoms with Crippen LogP contribution in [0.3, 0.4) is 0 Å². The van der Waals surface area contributed by atoms with E-state index in [0.717, 1.165) is 5.56 Å². The SMILES string of the molecule is COC(CNC(=O)c1cc(C)ccc1O)CC(=O)O. The number of carboxylic acid groups (broad SMARTS) is 1. The van der Waals surface area contributed by atoms with Gasteiger partial charge in [0, 0.05) is 13.7 Å². The average molecular weight is 267 g/mol. The summed E-state index contributed by atoms with van der Waals surface area (Å²) in [5.74, 6) is -1.58. The van der Waals surface area contributed by atoms with Gasteiger partial charge in [-0.1, -0.05) is 11.6 Å². The number of nitrogens with one attached hydrogen (secondary N) is 1. The van der Waals surface area contributed by atoms with Crippen LogP contribution in [-0.4, -0.2) is 41.8 Å². The van der Waals surface area contributed by atoms with Gasteiger partial charge in [-0.05, 0) is 19.1 Å². The maximum atomic E-state index is 11.8. The molecule has 0 bridgehead atoms. The van der Waals surface area contributed by atoms with Gasteiger partial charge in [0.05, 0.1) is 18.1 Å². The van der Waals surface area contributed by atoms with E-state index in [1.54, 1.807) is 19.1 Å². The first-order valence-electron chi connectivity index (χ1n) is 5.76. The van der Waals surface area contributed by atoms with E-state index < -0.39 is 18.0 Å². The summed E-state index contributed by atoms with van der Waals surface area (Å²) >= 11 is 0. The lowest BCUT2D eigenvalue weighted by atomic mass is 10.1. The van der Waals surface area contributed by atoms with Gasteiger partial charge in [0.2, 0.25) is 0 Å². The minimum Gasteiger partial charge on any atom is -0.507 e. The van der Waals surface area contributed by atoms with E-state index in [0.29, 0.717) is 0 Å².